The van der Waals surface area contributed by atoms with Gasteiger partial charge in [-0.2, -0.15) is 0 Å². The maximum absolute atomic E-state index is 13.4. The molecule has 1 unspecified atom stereocenters. The molecule has 1 aliphatic rings. The first-order valence-electron chi connectivity index (χ1n) is 5.38. The Kier molecular flexibility index (Phi) is 3.00. The number of rotatable bonds is 3. The molecule has 2 rings (SSSR count). The molecule has 0 saturated heterocycles. The summed E-state index contributed by atoms with van der Waals surface area (Å²) in [6.45, 7) is 1.91. The van der Waals surface area contributed by atoms with Crippen molar-refractivity contribution in [2.45, 2.75) is 38.3 Å². The summed E-state index contributed by atoms with van der Waals surface area (Å²) in [5, 5.41) is 3.33. The molecule has 1 aliphatic carbocycles. The van der Waals surface area contributed by atoms with Gasteiger partial charge in [0.25, 0.3) is 0 Å². The first-order valence-corrected chi connectivity index (χ1v) is 5.38. The zero-order chi connectivity index (χ0) is 10.8. The maximum atomic E-state index is 13.4. The number of hydrogen-bond acceptors (Lipinski definition) is 1. The minimum Gasteiger partial charge on any atom is -0.307 e. The molecule has 0 aromatic heterocycles. The molecule has 15 heavy (non-hydrogen) atoms. The molecule has 0 heterocycles. The molecule has 3 heteroatoms. The molecular weight excluding hydrogens is 196 g/mol. The van der Waals surface area contributed by atoms with Crippen molar-refractivity contribution in [1.29, 1.82) is 0 Å². The van der Waals surface area contributed by atoms with Crippen LogP contribution in [0.5, 0.6) is 0 Å². The molecule has 1 nitrogen and oxygen atoms in total. The highest BCUT2D eigenvalue weighted by Gasteiger charge is 2.21. The Morgan fingerprint density at radius 3 is 2.60 bits per heavy atom. The predicted octanol–water partition coefficient (Wildman–Crippen LogP) is 3.17. The Balaban J connectivity index is 2.06. The lowest BCUT2D eigenvalue weighted by Crippen LogP contribution is -2.37. The van der Waals surface area contributed by atoms with Crippen LogP contribution < -0.4 is 5.32 Å². The Hall–Kier alpha value is -0.960. The van der Waals surface area contributed by atoms with Crippen molar-refractivity contribution in [2.24, 2.45) is 0 Å². The predicted molar refractivity (Wildman–Crippen MR) is 55.5 cm³/mol. The molecule has 0 bridgehead atoms. The molecule has 1 fully saturated rings. The van der Waals surface area contributed by atoms with Crippen LogP contribution in [0, 0.1) is 11.6 Å². The van der Waals surface area contributed by atoms with Crippen molar-refractivity contribution in [3.05, 3.63) is 35.4 Å². The van der Waals surface area contributed by atoms with Crippen molar-refractivity contribution < 1.29 is 8.78 Å². The summed E-state index contributed by atoms with van der Waals surface area (Å²) in [5.41, 5.74) is 0.545. The van der Waals surface area contributed by atoms with Crippen molar-refractivity contribution in [3.8, 4) is 0 Å². The molecule has 0 aliphatic heterocycles. The minimum absolute atomic E-state index is 0.0455. The van der Waals surface area contributed by atoms with Gasteiger partial charge < -0.3 is 5.32 Å². The highest BCUT2D eigenvalue weighted by molar-refractivity contribution is 5.21. The van der Waals surface area contributed by atoms with Gasteiger partial charge in [0, 0.05) is 23.7 Å². The number of nitrogens with one attached hydrogen (secondary N) is 1. The van der Waals surface area contributed by atoms with Crippen molar-refractivity contribution in [2.75, 3.05) is 0 Å². The fraction of sp³-hybridized carbons (Fsp3) is 0.500. The summed E-state index contributed by atoms with van der Waals surface area (Å²) < 4.78 is 26.1. The number of benzene rings is 1. The van der Waals surface area contributed by atoms with Crippen molar-refractivity contribution in [1.82, 2.24) is 5.32 Å². The van der Waals surface area contributed by atoms with E-state index in [4.69, 9.17) is 0 Å². The van der Waals surface area contributed by atoms with E-state index >= 15 is 0 Å². The molecule has 0 radical (unpaired) electrons. The summed E-state index contributed by atoms with van der Waals surface area (Å²) in [6, 6.07) is 4.22. The van der Waals surface area contributed by atoms with E-state index in [9.17, 15) is 8.78 Å². The summed E-state index contributed by atoms with van der Waals surface area (Å²) in [7, 11) is 0. The minimum atomic E-state index is -0.521. The van der Waals surface area contributed by atoms with E-state index in [1.54, 1.807) is 0 Å². The summed E-state index contributed by atoms with van der Waals surface area (Å²) >= 11 is 0. The van der Waals surface area contributed by atoms with E-state index < -0.39 is 11.6 Å². The Labute approximate surface area is 88.5 Å². The average molecular weight is 211 g/mol. The van der Waals surface area contributed by atoms with Crippen LogP contribution in [0.4, 0.5) is 8.78 Å². The van der Waals surface area contributed by atoms with Crippen LogP contribution in [-0.2, 0) is 0 Å². The second-order valence-electron chi connectivity index (χ2n) is 4.18. The summed E-state index contributed by atoms with van der Waals surface area (Å²) in [6.07, 6.45) is 3.57. The second kappa shape index (κ2) is 4.27. The van der Waals surface area contributed by atoms with Gasteiger partial charge in [0.15, 0.2) is 0 Å². The third-order valence-corrected chi connectivity index (χ3v) is 3.02. The molecule has 1 aromatic carbocycles. The third-order valence-electron chi connectivity index (χ3n) is 3.02. The van der Waals surface area contributed by atoms with Crippen LogP contribution in [0.15, 0.2) is 18.2 Å². The number of halogens is 2. The first-order chi connectivity index (χ1) is 7.16. The van der Waals surface area contributed by atoms with Gasteiger partial charge in [-0.15, -0.1) is 0 Å². The molecule has 1 saturated carbocycles. The van der Waals surface area contributed by atoms with E-state index in [0.717, 1.165) is 18.9 Å². The molecule has 1 atom stereocenters. The standard InChI is InChI=1S/C12H15F2N/c1-8(15-10-3-2-4-10)11-6-5-9(13)7-12(11)14/h5-8,10,15H,2-4H2,1H3. The Morgan fingerprint density at radius 1 is 1.33 bits per heavy atom. The van der Waals surface area contributed by atoms with Gasteiger partial charge in [0.1, 0.15) is 11.6 Å². The van der Waals surface area contributed by atoms with Crippen LogP contribution in [0.3, 0.4) is 0 Å². The van der Waals surface area contributed by atoms with Crippen LogP contribution in [-0.4, -0.2) is 6.04 Å². The van der Waals surface area contributed by atoms with Gasteiger partial charge in [-0.25, -0.2) is 8.78 Å². The molecule has 1 aromatic rings. The fourth-order valence-electron chi connectivity index (χ4n) is 1.87. The molecule has 0 amide bonds. The van der Waals surface area contributed by atoms with E-state index in [-0.39, 0.29) is 6.04 Å². The Bertz CT molecular complexity index is 347. The zero-order valence-corrected chi connectivity index (χ0v) is 8.76. The van der Waals surface area contributed by atoms with Crippen molar-refractivity contribution in [3.63, 3.8) is 0 Å². The second-order valence-corrected chi connectivity index (χ2v) is 4.18. The topological polar surface area (TPSA) is 12.0 Å². The monoisotopic (exact) mass is 211 g/mol. The van der Waals surface area contributed by atoms with Crippen molar-refractivity contribution >= 4 is 0 Å². The third kappa shape index (κ3) is 2.34. The van der Waals surface area contributed by atoms with E-state index in [2.05, 4.69) is 5.32 Å². The smallest absolute Gasteiger partial charge is 0.130 e. The zero-order valence-electron chi connectivity index (χ0n) is 8.76. The van der Waals surface area contributed by atoms with Gasteiger partial charge in [-0.05, 0) is 25.8 Å². The van der Waals surface area contributed by atoms with Gasteiger partial charge in [0.2, 0.25) is 0 Å². The maximum Gasteiger partial charge on any atom is 0.130 e. The molecule has 0 spiro atoms. The number of hydrogen-bond donors (Lipinski definition) is 1. The average Bonchev–Trinajstić information content (AvgIpc) is 2.11. The van der Waals surface area contributed by atoms with Crippen LogP contribution in [0.25, 0.3) is 0 Å². The molecular formula is C12H15F2N. The summed E-state index contributed by atoms with van der Waals surface area (Å²) in [5.74, 6) is -0.985. The fourth-order valence-corrected chi connectivity index (χ4v) is 1.87. The lowest BCUT2D eigenvalue weighted by molar-refractivity contribution is 0.310. The van der Waals surface area contributed by atoms with Gasteiger partial charge in [-0.3, -0.25) is 0 Å². The lowest BCUT2D eigenvalue weighted by Gasteiger charge is -2.30. The molecule has 82 valence electrons. The van der Waals surface area contributed by atoms with Gasteiger partial charge in [-0.1, -0.05) is 12.5 Å². The summed E-state index contributed by atoms with van der Waals surface area (Å²) in [4.78, 5) is 0. The van der Waals surface area contributed by atoms with E-state index in [1.165, 1.54) is 18.6 Å². The van der Waals surface area contributed by atoms with E-state index in [1.807, 2.05) is 6.92 Å². The highest BCUT2D eigenvalue weighted by Crippen LogP contribution is 2.24. The lowest BCUT2D eigenvalue weighted by atomic mass is 9.92. The largest absolute Gasteiger partial charge is 0.307 e. The highest BCUT2D eigenvalue weighted by atomic mass is 19.1. The van der Waals surface area contributed by atoms with Crippen LogP contribution >= 0.6 is 0 Å². The molecule has 1 N–H and O–H groups in total. The van der Waals surface area contributed by atoms with Crippen LogP contribution in [0.1, 0.15) is 37.8 Å². The van der Waals surface area contributed by atoms with Gasteiger partial charge in [0.05, 0.1) is 0 Å². The first kappa shape index (κ1) is 10.6. The Morgan fingerprint density at radius 2 is 2.07 bits per heavy atom. The van der Waals surface area contributed by atoms with Gasteiger partial charge >= 0.3 is 0 Å². The quantitative estimate of drug-likeness (QED) is 0.809. The SMILES string of the molecule is CC(NC1CCC1)c1ccc(F)cc1F. The normalized spacial score (nSPS) is 18.6. The van der Waals surface area contributed by atoms with Crippen LogP contribution in [0.2, 0.25) is 0 Å². The van der Waals surface area contributed by atoms with E-state index in [0.29, 0.717) is 11.6 Å².